The highest BCUT2D eigenvalue weighted by Crippen LogP contribution is 2.19. The maximum absolute atomic E-state index is 5.59. The summed E-state index contributed by atoms with van der Waals surface area (Å²) < 4.78 is 10.8. The number of guanidine groups is 1. The average molecular weight is 524 g/mol. The van der Waals surface area contributed by atoms with E-state index in [2.05, 4.69) is 37.7 Å². The van der Waals surface area contributed by atoms with Crippen molar-refractivity contribution < 1.29 is 8.94 Å². The highest BCUT2D eigenvalue weighted by atomic mass is 127. The maximum Gasteiger partial charge on any atom is 0.226 e. The Balaban J connectivity index is 0.00000320. The predicted molar refractivity (Wildman–Crippen MR) is 127 cm³/mol. The van der Waals surface area contributed by atoms with Crippen LogP contribution in [0.15, 0.2) is 44.5 Å². The lowest BCUT2D eigenvalue weighted by Gasteiger charge is -2.10. The standard InChI is InChI=1S/C21H28N6O2.HI/c1-14(2)19-26-18(29-27-19)6-5-11-23-21(22-4)24-12-17-13-28-20(25-17)16-9-7-15(3)8-10-16;/h7-10,13-14H,5-6,11-12H2,1-4H3,(H2,22,23,24);1H. The molecule has 1 aromatic carbocycles. The zero-order chi connectivity index (χ0) is 20.6. The molecule has 3 aromatic rings. The summed E-state index contributed by atoms with van der Waals surface area (Å²) in [7, 11) is 1.74. The van der Waals surface area contributed by atoms with Crippen molar-refractivity contribution in [2.45, 2.75) is 46.1 Å². The summed E-state index contributed by atoms with van der Waals surface area (Å²) in [5.74, 6) is 3.02. The van der Waals surface area contributed by atoms with Crippen LogP contribution >= 0.6 is 24.0 Å². The molecule has 0 saturated heterocycles. The number of hydrogen-bond donors (Lipinski definition) is 2. The van der Waals surface area contributed by atoms with Gasteiger partial charge >= 0.3 is 0 Å². The molecule has 0 atom stereocenters. The first-order valence-corrected chi connectivity index (χ1v) is 9.83. The van der Waals surface area contributed by atoms with E-state index in [1.54, 1.807) is 13.3 Å². The van der Waals surface area contributed by atoms with Crippen molar-refractivity contribution in [2.75, 3.05) is 13.6 Å². The first kappa shape index (κ1) is 23.8. The Labute approximate surface area is 194 Å². The minimum Gasteiger partial charge on any atom is -0.444 e. The summed E-state index contributed by atoms with van der Waals surface area (Å²) in [6.07, 6.45) is 3.26. The molecule has 2 aromatic heterocycles. The van der Waals surface area contributed by atoms with Crippen LogP contribution < -0.4 is 10.6 Å². The van der Waals surface area contributed by atoms with Crippen LogP contribution in [-0.4, -0.2) is 34.7 Å². The minimum atomic E-state index is 0. The van der Waals surface area contributed by atoms with Crippen molar-refractivity contribution in [3.05, 3.63) is 53.5 Å². The van der Waals surface area contributed by atoms with Crippen LogP contribution in [0.1, 0.15) is 49.2 Å². The number of aliphatic imine (C=N–C) groups is 1. The number of hydrogen-bond acceptors (Lipinski definition) is 6. The van der Waals surface area contributed by atoms with Crippen molar-refractivity contribution in [1.29, 1.82) is 0 Å². The minimum absolute atomic E-state index is 0. The third-order valence-corrected chi connectivity index (χ3v) is 4.37. The quantitative estimate of drug-likeness (QED) is 0.198. The first-order chi connectivity index (χ1) is 14.0. The van der Waals surface area contributed by atoms with Gasteiger partial charge in [0.15, 0.2) is 11.8 Å². The Morgan fingerprint density at radius 1 is 1.13 bits per heavy atom. The summed E-state index contributed by atoms with van der Waals surface area (Å²) in [5, 5.41) is 10.5. The van der Waals surface area contributed by atoms with Crippen LogP contribution in [0.25, 0.3) is 11.5 Å². The largest absolute Gasteiger partial charge is 0.444 e. The van der Waals surface area contributed by atoms with Crippen molar-refractivity contribution in [1.82, 2.24) is 25.8 Å². The molecule has 9 heteroatoms. The number of nitrogens with one attached hydrogen (secondary N) is 2. The SMILES string of the molecule is CN=C(NCCCc1nc(C(C)C)no1)NCc1coc(-c2ccc(C)cc2)n1.I. The van der Waals surface area contributed by atoms with Gasteiger partial charge in [-0.1, -0.05) is 36.7 Å². The topological polar surface area (TPSA) is 101 Å². The molecule has 3 rings (SSSR count). The van der Waals surface area contributed by atoms with Gasteiger partial charge in [0.1, 0.15) is 6.26 Å². The van der Waals surface area contributed by atoms with Gasteiger partial charge in [-0.2, -0.15) is 4.98 Å². The van der Waals surface area contributed by atoms with E-state index in [1.807, 2.05) is 38.1 Å². The Morgan fingerprint density at radius 2 is 1.90 bits per heavy atom. The van der Waals surface area contributed by atoms with E-state index < -0.39 is 0 Å². The molecule has 0 unspecified atom stereocenters. The summed E-state index contributed by atoms with van der Waals surface area (Å²) in [6, 6.07) is 8.10. The van der Waals surface area contributed by atoms with Crippen LogP contribution in [-0.2, 0) is 13.0 Å². The molecule has 30 heavy (non-hydrogen) atoms. The second-order valence-corrected chi connectivity index (χ2v) is 7.17. The monoisotopic (exact) mass is 524 g/mol. The van der Waals surface area contributed by atoms with Crippen LogP contribution in [0.4, 0.5) is 0 Å². The lowest BCUT2D eigenvalue weighted by atomic mass is 10.1. The third-order valence-electron chi connectivity index (χ3n) is 4.37. The first-order valence-electron chi connectivity index (χ1n) is 9.83. The molecule has 0 aliphatic rings. The smallest absolute Gasteiger partial charge is 0.226 e. The highest BCUT2D eigenvalue weighted by molar-refractivity contribution is 14.0. The van der Waals surface area contributed by atoms with Crippen molar-refractivity contribution in [3.63, 3.8) is 0 Å². The predicted octanol–water partition coefficient (Wildman–Crippen LogP) is 4.07. The Kier molecular flexibility index (Phi) is 9.28. The molecule has 0 aliphatic carbocycles. The van der Waals surface area contributed by atoms with Gasteiger partial charge in [0, 0.05) is 31.5 Å². The normalized spacial score (nSPS) is 11.4. The van der Waals surface area contributed by atoms with Crippen LogP contribution in [0.3, 0.4) is 0 Å². The Bertz CT molecular complexity index is 933. The Hall–Kier alpha value is -2.43. The van der Waals surface area contributed by atoms with E-state index in [4.69, 9.17) is 8.94 Å². The second-order valence-electron chi connectivity index (χ2n) is 7.17. The van der Waals surface area contributed by atoms with Crippen LogP contribution in [0, 0.1) is 6.92 Å². The van der Waals surface area contributed by atoms with E-state index >= 15 is 0 Å². The fourth-order valence-electron chi connectivity index (χ4n) is 2.66. The van der Waals surface area contributed by atoms with Gasteiger partial charge in [-0.05, 0) is 25.5 Å². The molecule has 0 bridgehead atoms. The zero-order valence-corrected chi connectivity index (χ0v) is 20.1. The Morgan fingerprint density at radius 3 is 2.57 bits per heavy atom. The van der Waals surface area contributed by atoms with E-state index in [1.165, 1.54) is 5.56 Å². The highest BCUT2D eigenvalue weighted by Gasteiger charge is 2.10. The zero-order valence-electron chi connectivity index (χ0n) is 17.8. The van der Waals surface area contributed by atoms with Gasteiger partial charge < -0.3 is 19.6 Å². The fourth-order valence-corrected chi connectivity index (χ4v) is 2.66. The number of aryl methyl sites for hydroxylation is 2. The molecular formula is C21H29IN6O2. The van der Waals surface area contributed by atoms with Gasteiger partial charge in [-0.3, -0.25) is 4.99 Å². The van der Waals surface area contributed by atoms with Crippen LogP contribution in [0.5, 0.6) is 0 Å². The summed E-state index contributed by atoms with van der Waals surface area (Å²) in [6.45, 7) is 7.41. The van der Waals surface area contributed by atoms with Crippen molar-refractivity contribution in [3.8, 4) is 11.5 Å². The molecule has 0 fully saturated rings. The van der Waals surface area contributed by atoms with Crippen molar-refractivity contribution >= 4 is 29.9 Å². The molecule has 0 amide bonds. The summed E-state index contributed by atoms with van der Waals surface area (Å²) in [5.41, 5.74) is 2.98. The molecule has 8 nitrogen and oxygen atoms in total. The lowest BCUT2D eigenvalue weighted by Crippen LogP contribution is -2.37. The molecular weight excluding hydrogens is 495 g/mol. The van der Waals surface area contributed by atoms with Crippen molar-refractivity contribution in [2.24, 2.45) is 4.99 Å². The maximum atomic E-state index is 5.59. The number of oxazole rings is 1. The van der Waals surface area contributed by atoms with E-state index in [0.29, 0.717) is 24.3 Å². The molecule has 0 saturated carbocycles. The number of rotatable bonds is 8. The molecule has 0 aliphatic heterocycles. The number of benzene rings is 1. The molecule has 0 radical (unpaired) electrons. The number of halogens is 1. The van der Waals surface area contributed by atoms with Gasteiger partial charge in [-0.15, -0.1) is 24.0 Å². The second kappa shape index (κ2) is 11.7. The van der Waals surface area contributed by atoms with E-state index in [9.17, 15) is 0 Å². The number of nitrogens with zero attached hydrogens (tertiary/aromatic N) is 4. The summed E-state index contributed by atoms with van der Waals surface area (Å²) in [4.78, 5) is 13.1. The van der Waals surface area contributed by atoms with Gasteiger partial charge in [0.25, 0.3) is 0 Å². The molecule has 162 valence electrons. The average Bonchev–Trinajstić information content (AvgIpc) is 3.38. The molecule has 2 heterocycles. The fraction of sp³-hybridized carbons (Fsp3) is 0.429. The molecule has 0 spiro atoms. The van der Waals surface area contributed by atoms with Gasteiger partial charge in [0.05, 0.1) is 12.2 Å². The van der Waals surface area contributed by atoms with Gasteiger partial charge in [-0.25, -0.2) is 4.98 Å². The third kappa shape index (κ3) is 6.82. The lowest BCUT2D eigenvalue weighted by molar-refractivity contribution is 0.368. The van der Waals surface area contributed by atoms with E-state index in [0.717, 1.165) is 36.5 Å². The number of aromatic nitrogens is 3. The van der Waals surface area contributed by atoms with Gasteiger partial charge in [0.2, 0.25) is 11.8 Å². The van der Waals surface area contributed by atoms with E-state index in [-0.39, 0.29) is 29.9 Å². The molecule has 2 N–H and O–H groups in total. The van der Waals surface area contributed by atoms with Crippen LogP contribution in [0.2, 0.25) is 0 Å². The summed E-state index contributed by atoms with van der Waals surface area (Å²) >= 11 is 0.